The molecule has 5 heteroatoms. The highest BCUT2D eigenvalue weighted by Crippen LogP contribution is 2.22. The highest BCUT2D eigenvalue weighted by molar-refractivity contribution is 5.38. The lowest BCUT2D eigenvalue weighted by atomic mass is 10.0. The first kappa shape index (κ1) is 12.4. The highest BCUT2D eigenvalue weighted by atomic mass is 15.5. The second-order valence-electron chi connectivity index (χ2n) is 4.76. The van der Waals surface area contributed by atoms with Crippen LogP contribution in [-0.4, -0.2) is 40.7 Å². The summed E-state index contributed by atoms with van der Waals surface area (Å²) in [4.78, 5) is 2.45. The van der Waals surface area contributed by atoms with E-state index >= 15 is 0 Å². The van der Waals surface area contributed by atoms with Gasteiger partial charge in [-0.05, 0) is 32.2 Å². The molecule has 0 saturated carbocycles. The van der Waals surface area contributed by atoms with Gasteiger partial charge in [0.25, 0.3) is 0 Å². The Labute approximate surface area is 103 Å². The fraction of sp³-hybridized carbons (Fsp3) is 0.833. The topological polar surface area (TPSA) is 46.0 Å². The van der Waals surface area contributed by atoms with Crippen molar-refractivity contribution in [1.82, 2.24) is 20.3 Å². The van der Waals surface area contributed by atoms with E-state index in [4.69, 9.17) is 0 Å². The maximum absolute atomic E-state index is 4.03. The summed E-state index contributed by atoms with van der Waals surface area (Å²) in [5.41, 5.74) is 0. The van der Waals surface area contributed by atoms with Crippen LogP contribution in [0.2, 0.25) is 0 Å². The lowest BCUT2D eigenvalue weighted by molar-refractivity contribution is 0.428. The normalized spacial score (nSPS) is 20.8. The molecule has 0 aliphatic carbocycles. The van der Waals surface area contributed by atoms with E-state index in [1.807, 2.05) is 17.9 Å². The van der Waals surface area contributed by atoms with E-state index in [1.165, 1.54) is 25.7 Å². The number of piperidine rings is 1. The van der Waals surface area contributed by atoms with Gasteiger partial charge in [-0.3, -0.25) is 0 Å². The van der Waals surface area contributed by atoms with E-state index in [0.717, 1.165) is 25.5 Å². The molecule has 0 spiro atoms. The third-order valence-corrected chi connectivity index (χ3v) is 3.42. The molecule has 1 aromatic rings. The molecule has 2 heterocycles. The molecule has 1 unspecified atom stereocenters. The van der Waals surface area contributed by atoms with Crippen LogP contribution in [0.15, 0.2) is 6.20 Å². The van der Waals surface area contributed by atoms with E-state index in [-0.39, 0.29) is 0 Å². The zero-order valence-corrected chi connectivity index (χ0v) is 10.9. The molecule has 1 aliphatic rings. The van der Waals surface area contributed by atoms with Gasteiger partial charge in [0.2, 0.25) is 0 Å². The quantitative estimate of drug-likeness (QED) is 0.781. The molecule has 1 saturated heterocycles. The van der Waals surface area contributed by atoms with Gasteiger partial charge < -0.3 is 10.2 Å². The molecule has 1 fully saturated rings. The largest absolute Gasteiger partial charge is 0.351 e. The first-order chi connectivity index (χ1) is 8.33. The second-order valence-corrected chi connectivity index (χ2v) is 4.76. The summed E-state index contributed by atoms with van der Waals surface area (Å²) in [6, 6.07) is 0.590. The average molecular weight is 237 g/mol. The SMILES string of the molecule is CCCNCC1CCCCN1c1cnnn1C. The number of nitrogens with one attached hydrogen (secondary N) is 1. The van der Waals surface area contributed by atoms with E-state index in [2.05, 4.69) is 27.5 Å². The van der Waals surface area contributed by atoms with Crippen LogP contribution in [0.1, 0.15) is 32.6 Å². The predicted molar refractivity (Wildman–Crippen MR) is 69.1 cm³/mol. The Morgan fingerprint density at radius 3 is 3.06 bits per heavy atom. The first-order valence-corrected chi connectivity index (χ1v) is 6.65. The van der Waals surface area contributed by atoms with E-state index in [1.54, 1.807) is 0 Å². The summed E-state index contributed by atoms with van der Waals surface area (Å²) in [5, 5.41) is 11.5. The summed E-state index contributed by atoms with van der Waals surface area (Å²) in [6.45, 7) is 5.50. The van der Waals surface area contributed by atoms with Crippen LogP contribution >= 0.6 is 0 Å². The third kappa shape index (κ3) is 2.97. The van der Waals surface area contributed by atoms with Crippen LogP contribution in [0, 0.1) is 0 Å². The summed E-state index contributed by atoms with van der Waals surface area (Å²) < 4.78 is 1.87. The molecule has 2 rings (SSSR count). The smallest absolute Gasteiger partial charge is 0.147 e. The van der Waals surface area contributed by atoms with Gasteiger partial charge in [-0.1, -0.05) is 12.1 Å². The van der Waals surface area contributed by atoms with E-state index in [9.17, 15) is 0 Å². The lowest BCUT2D eigenvalue weighted by Crippen LogP contribution is -2.46. The zero-order chi connectivity index (χ0) is 12.1. The zero-order valence-electron chi connectivity index (χ0n) is 10.9. The standard InChI is InChI=1S/C12H23N5/c1-3-7-13-9-11-6-4-5-8-17(11)12-10-14-15-16(12)2/h10-11,13H,3-9H2,1-2H3. The van der Waals surface area contributed by atoms with Crippen LogP contribution in [-0.2, 0) is 7.05 Å². The monoisotopic (exact) mass is 237 g/mol. The number of nitrogens with zero attached hydrogens (tertiary/aromatic N) is 4. The molecule has 0 bridgehead atoms. The lowest BCUT2D eigenvalue weighted by Gasteiger charge is -2.37. The third-order valence-electron chi connectivity index (χ3n) is 3.42. The average Bonchev–Trinajstić information content (AvgIpc) is 2.76. The molecular weight excluding hydrogens is 214 g/mol. The van der Waals surface area contributed by atoms with Crippen molar-refractivity contribution in [3.8, 4) is 0 Å². The molecule has 0 radical (unpaired) electrons. The van der Waals surface area contributed by atoms with Gasteiger partial charge in [-0.2, -0.15) is 0 Å². The van der Waals surface area contributed by atoms with Gasteiger partial charge in [0, 0.05) is 26.2 Å². The van der Waals surface area contributed by atoms with Gasteiger partial charge in [-0.15, -0.1) is 5.10 Å². The van der Waals surface area contributed by atoms with Gasteiger partial charge >= 0.3 is 0 Å². The minimum atomic E-state index is 0.590. The van der Waals surface area contributed by atoms with Gasteiger partial charge in [0.05, 0.1) is 6.20 Å². The minimum absolute atomic E-state index is 0.590. The van der Waals surface area contributed by atoms with Crippen molar-refractivity contribution in [2.75, 3.05) is 24.5 Å². The van der Waals surface area contributed by atoms with E-state index in [0.29, 0.717) is 6.04 Å². The fourth-order valence-electron chi connectivity index (χ4n) is 2.50. The Kier molecular flexibility index (Phi) is 4.36. The fourth-order valence-corrected chi connectivity index (χ4v) is 2.50. The number of hydrogen-bond acceptors (Lipinski definition) is 4. The Morgan fingerprint density at radius 1 is 1.47 bits per heavy atom. The van der Waals surface area contributed by atoms with E-state index < -0.39 is 0 Å². The van der Waals surface area contributed by atoms with Crippen LogP contribution in [0.3, 0.4) is 0 Å². The molecule has 1 aliphatic heterocycles. The molecule has 5 nitrogen and oxygen atoms in total. The number of aryl methyl sites for hydroxylation is 1. The Morgan fingerprint density at radius 2 is 2.35 bits per heavy atom. The number of rotatable bonds is 5. The molecule has 0 amide bonds. The second kappa shape index (κ2) is 6.00. The van der Waals surface area contributed by atoms with Crippen LogP contribution in [0.5, 0.6) is 0 Å². The molecule has 1 atom stereocenters. The first-order valence-electron chi connectivity index (χ1n) is 6.65. The highest BCUT2D eigenvalue weighted by Gasteiger charge is 2.24. The van der Waals surface area contributed by atoms with Crippen LogP contribution in [0.25, 0.3) is 0 Å². The van der Waals surface area contributed by atoms with Crippen molar-refractivity contribution in [2.45, 2.75) is 38.6 Å². The maximum atomic E-state index is 4.03. The Balaban J connectivity index is 1.99. The Bertz CT molecular complexity index is 335. The molecular formula is C12H23N5. The van der Waals surface area contributed by atoms with Crippen LogP contribution < -0.4 is 10.2 Å². The molecule has 0 aromatic carbocycles. The summed E-state index contributed by atoms with van der Waals surface area (Å²) in [5.74, 6) is 1.15. The molecule has 1 N–H and O–H groups in total. The minimum Gasteiger partial charge on any atom is -0.351 e. The summed E-state index contributed by atoms with van der Waals surface area (Å²) >= 11 is 0. The van der Waals surface area contributed by atoms with Crippen molar-refractivity contribution in [1.29, 1.82) is 0 Å². The predicted octanol–water partition coefficient (Wildman–Crippen LogP) is 1.17. The van der Waals surface area contributed by atoms with Crippen molar-refractivity contribution in [3.63, 3.8) is 0 Å². The number of anilines is 1. The van der Waals surface area contributed by atoms with Crippen molar-refractivity contribution >= 4 is 5.82 Å². The molecule has 17 heavy (non-hydrogen) atoms. The number of aromatic nitrogens is 3. The summed E-state index contributed by atoms with van der Waals surface area (Å²) in [6.07, 6.45) is 6.94. The van der Waals surface area contributed by atoms with Crippen LogP contribution in [0.4, 0.5) is 5.82 Å². The summed E-state index contributed by atoms with van der Waals surface area (Å²) in [7, 11) is 1.97. The van der Waals surface area contributed by atoms with Gasteiger partial charge in [0.15, 0.2) is 0 Å². The van der Waals surface area contributed by atoms with Crippen molar-refractivity contribution in [2.24, 2.45) is 7.05 Å². The Hall–Kier alpha value is -1.10. The molecule has 1 aromatic heterocycles. The van der Waals surface area contributed by atoms with Gasteiger partial charge in [-0.25, -0.2) is 4.68 Å². The molecule has 96 valence electrons. The van der Waals surface area contributed by atoms with Crippen molar-refractivity contribution in [3.05, 3.63) is 6.20 Å². The maximum Gasteiger partial charge on any atom is 0.147 e. The van der Waals surface area contributed by atoms with Gasteiger partial charge in [0.1, 0.15) is 5.82 Å². The number of hydrogen-bond donors (Lipinski definition) is 1. The van der Waals surface area contributed by atoms with Crippen molar-refractivity contribution < 1.29 is 0 Å².